The fraction of sp³-hybridized carbons (Fsp3) is 0.148. The number of rotatable bonds is 6. The Kier molecular flexibility index (Phi) is 5.56. The summed E-state index contributed by atoms with van der Waals surface area (Å²) in [5.41, 5.74) is 1.03. The molecule has 35 heavy (non-hydrogen) atoms. The molecule has 0 N–H and O–H groups in total. The normalized spacial score (nSPS) is 14.8. The molecule has 2 aromatic heterocycles. The maximum Gasteiger partial charge on any atom is 0.296 e. The van der Waals surface area contributed by atoms with E-state index in [0.717, 1.165) is 6.07 Å². The number of aromatic nitrogens is 1. The van der Waals surface area contributed by atoms with Crippen molar-refractivity contribution in [1.82, 2.24) is 4.98 Å². The summed E-state index contributed by atoms with van der Waals surface area (Å²) < 4.78 is 31.0. The van der Waals surface area contributed by atoms with Crippen LogP contribution in [0.5, 0.6) is 11.5 Å². The van der Waals surface area contributed by atoms with Crippen LogP contribution in [-0.4, -0.2) is 24.6 Å². The molecule has 2 aromatic carbocycles. The van der Waals surface area contributed by atoms with Crippen LogP contribution in [0.1, 0.15) is 33.4 Å². The molecule has 1 atom stereocenters. The van der Waals surface area contributed by atoms with Gasteiger partial charge in [0.15, 0.2) is 16.9 Å². The molecular formula is C27H21FN2O5. The highest BCUT2D eigenvalue weighted by Gasteiger charge is 2.44. The van der Waals surface area contributed by atoms with Gasteiger partial charge < -0.3 is 13.9 Å². The van der Waals surface area contributed by atoms with Crippen molar-refractivity contribution in [2.75, 3.05) is 18.6 Å². The number of anilines is 1. The second-order valence-electron chi connectivity index (χ2n) is 8.04. The van der Waals surface area contributed by atoms with Crippen LogP contribution in [0.25, 0.3) is 11.0 Å². The number of pyridine rings is 1. The molecule has 0 aliphatic carbocycles. The van der Waals surface area contributed by atoms with Crippen molar-refractivity contribution in [3.05, 3.63) is 106 Å². The number of halogens is 1. The second kappa shape index (κ2) is 8.72. The van der Waals surface area contributed by atoms with Crippen molar-refractivity contribution >= 4 is 22.7 Å². The van der Waals surface area contributed by atoms with Gasteiger partial charge in [-0.15, -0.1) is 0 Å². The number of fused-ring (bicyclic) bond motifs is 2. The molecule has 8 heteroatoms. The maximum absolute atomic E-state index is 14.0. The van der Waals surface area contributed by atoms with Crippen LogP contribution < -0.4 is 19.8 Å². The topological polar surface area (TPSA) is 81.9 Å². The zero-order valence-electron chi connectivity index (χ0n) is 19.1. The highest BCUT2D eigenvalue weighted by molar-refractivity contribution is 6.10. The lowest BCUT2D eigenvalue weighted by Crippen LogP contribution is -2.30. The first kappa shape index (κ1) is 22.3. The van der Waals surface area contributed by atoms with Gasteiger partial charge in [-0.2, -0.15) is 0 Å². The molecule has 1 unspecified atom stereocenters. The molecule has 0 radical (unpaired) electrons. The monoisotopic (exact) mass is 472 g/mol. The number of benzene rings is 2. The Balaban J connectivity index is 1.77. The summed E-state index contributed by atoms with van der Waals surface area (Å²) in [7, 11) is 1.50. The number of hydrogen-bond acceptors (Lipinski definition) is 6. The molecule has 0 saturated heterocycles. The molecule has 176 valence electrons. The molecular weight excluding hydrogens is 451 g/mol. The number of aryl methyl sites for hydroxylation is 1. The third kappa shape index (κ3) is 3.73. The third-order valence-electron chi connectivity index (χ3n) is 5.81. The van der Waals surface area contributed by atoms with Gasteiger partial charge in [0.2, 0.25) is 5.76 Å². The number of hydrogen-bond donors (Lipinski definition) is 0. The predicted octanol–water partition coefficient (Wildman–Crippen LogP) is 4.96. The quantitative estimate of drug-likeness (QED) is 0.369. The molecule has 0 bridgehead atoms. The SMILES string of the molecule is C=CCOc1ccc(C2c3c(oc4ccc(F)cc4c3=O)C(=O)N2c2cccc(C)n2)cc1OC. The fourth-order valence-electron chi connectivity index (χ4n) is 4.28. The van der Waals surface area contributed by atoms with Gasteiger partial charge in [0.1, 0.15) is 23.8 Å². The molecule has 0 spiro atoms. The van der Waals surface area contributed by atoms with Crippen LogP contribution in [0.3, 0.4) is 0 Å². The van der Waals surface area contributed by atoms with Gasteiger partial charge >= 0.3 is 0 Å². The molecule has 4 aromatic rings. The average molecular weight is 472 g/mol. The molecule has 1 aliphatic rings. The Bertz CT molecular complexity index is 1540. The first-order valence-electron chi connectivity index (χ1n) is 10.9. The number of nitrogens with zero attached hydrogens (tertiary/aromatic N) is 2. The highest BCUT2D eigenvalue weighted by atomic mass is 19.1. The summed E-state index contributed by atoms with van der Waals surface area (Å²) >= 11 is 0. The van der Waals surface area contributed by atoms with Crippen LogP contribution in [0.15, 0.2) is 76.5 Å². The Labute approximate surface area is 200 Å². The lowest BCUT2D eigenvalue weighted by molar-refractivity contribution is 0.0970. The predicted molar refractivity (Wildman–Crippen MR) is 129 cm³/mol. The summed E-state index contributed by atoms with van der Waals surface area (Å²) in [5.74, 6) is 0.0538. The number of carbonyl (C=O) groups excluding carboxylic acids is 1. The summed E-state index contributed by atoms with van der Waals surface area (Å²) in [4.78, 5) is 33.2. The van der Waals surface area contributed by atoms with E-state index in [1.807, 2.05) is 0 Å². The zero-order valence-corrected chi connectivity index (χ0v) is 19.1. The molecule has 1 aliphatic heterocycles. The van der Waals surface area contributed by atoms with E-state index < -0.39 is 23.2 Å². The van der Waals surface area contributed by atoms with Gasteiger partial charge in [0.05, 0.1) is 24.1 Å². The van der Waals surface area contributed by atoms with E-state index in [1.165, 1.54) is 24.1 Å². The van der Waals surface area contributed by atoms with E-state index in [0.29, 0.717) is 28.6 Å². The van der Waals surface area contributed by atoms with E-state index in [4.69, 9.17) is 13.9 Å². The Morgan fingerprint density at radius 1 is 1.14 bits per heavy atom. The third-order valence-corrected chi connectivity index (χ3v) is 5.81. The molecule has 3 heterocycles. The Hall–Kier alpha value is -4.46. The summed E-state index contributed by atoms with van der Waals surface area (Å²) in [5, 5.41) is 0.0542. The van der Waals surface area contributed by atoms with Gasteiger partial charge in [0, 0.05) is 5.69 Å². The summed E-state index contributed by atoms with van der Waals surface area (Å²) in [6.45, 7) is 5.73. The van der Waals surface area contributed by atoms with Crippen molar-refractivity contribution in [2.24, 2.45) is 0 Å². The van der Waals surface area contributed by atoms with Crippen LogP contribution in [-0.2, 0) is 0 Å². The first-order valence-corrected chi connectivity index (χ1v) is 10.9. The second-order valence-corrected chi connectivity index (χ2v) is 8.04. The minimum Gasteiger partial charge on any atom is -0.493 e. The van der Waals surface area contributed by atoms with Crippen LogP contribution >= 0.6 is 0 Å². The summed E-state index contributed by atoms with van der Waals surface area (Å²) in [6.07, 6.45) is 1.61. The van der Waals surface area contributed by atoms with E-state index in [-0.39, 0.29) is 28.9 Å². The van der Waals surface area contributed by atoms with E-state index in [9.17, 15) is 14.0 Å². The minimum atomic E-state index is -0.877. The van der Waals surface area contributed by atoms with Crippen molar-refractivity contribution in [3.8, 4) is 11.5 Å². The Morgan fingerprint density at radius 3 is 2.71 bits per heavy atom. The Morgan fingerprint density at radius 2 is 1.97 bits per heavy atom. The first-order chi connectivity index (χ1) is 16.9. The van der Waals surface area contributed by atoms with Gasteiger partial charge in [-0.1, -0.05) is 24.8 Å². The van der Waals surface area contributed by atoms with E-state index in [2.05, 4.69) is 11.6 Å². The smallest absolute Gasteiger partial charge is 0.296 e. The lowest BCUT2D eigenvalue weighted by atomic mass is 9.98. The van der Waals surface area contributed by atoms with Gasteiger partial charge in [-0.3, -0.25) is 14.5 Å². The van der Waals surface area contributed by atoms with Crippen LogP contribution in [0, 0.1) is 12.7 Å². The van der Waals surface area contributed by atoms with Crippen molar-refractivity contribution in [2.45, 2.75) is 13.0 Å². The van der Waals surface area contributed by atoms with Crippen molar-refractivity contribution < 1.29 is 23.1 Å². The summed E-state index contributed by atoms with van der Waals surface area (Å²) in [6, 6.07) is 13.2. The van der Waals surface area contributed by atoms with E-state index >= 15 is 0 Å². The zero-order chi connectivity index (χ0) is 24.7. The molecule has 7 nitrogen and oxygen atoms in total. The highest BCUT2D eigenvalue weighted by Crippen LogP contribution is 2.42. The number of ether oxygens (including phenoxy) is 2. The molecule has 0 fully saturated rings. The number of methoxy groups -OCH3 is 1. The fourth-order valence-corrected chi connectivity index (χ4v) is 4.28. The number of amides is 1. The van der Waals surface area contributed by atoms with Gasteiger partial charge in [0.25, 0.3) is 5.91 Å². The number of carbonyl (C=O) groups is 1. The maximum atomic E-state index is 14.0. The van der Waals surface area contributed by atoms with Crippen molar-refractivity contribution in [3.63, 3.8) is 0 Å². The molecule has 5 rings (SSSR count). The average Bonchev–Trinajstić information content (AvgIpc) is 3.15. The van der Waals surface area contributed by atoms with E-state index in [1.54, 1.807) is 49.4 Å². The minimum absolute atomic E-state index is 0.0542. The standard InChI is InChI=1S/C27H21FN2O5/c1-4-12-34-20-10-8-16(13-21(20)33-3)24-23-25(31)18-14-17(28)9-11-19(18)35-26(23)27(32)30(24)22-7-5-6-15(2)29-22/h4-11,13-14,24H,1,12H2,2-3H3. The van der Waals surface area contributed by atoms with Gasteiger partial charge in [-0.25, -0.2) is 9.37 Å². The van der Waals surface area contributed by atoms with Crippen molar-refractivity contribution in [1.29, 1.82) is 0 Å². The van der Waals surface area contributed by atoms with Gasteiger partial charge in [-0.05, 0) is 55.0 Å². The molecule has 0 saturated carbocycles. The lowest BCUT2D eigenvalue weighted by Gasteiger charge is -2.25. The van der Waals surface area contributed by atoms with Crippen LogP contribution in [0.2, 0.25) is 0 Å². The molecule has 1 amide bonds. The largest absolute Gasteiger partial charge is 0.493 e. The van der Waals surface area contributed by atoms with Crippen LogP contribution in [0.4, 0.5) is 10.2 Å².